The molecular formula is C14H26IN3O3S2. The van der Waals surface area contributed by atoms with E-state index < -0.39 is 9.84 Å². The molecule has 0 saturated carbocycles. The first kappa shape index (κ1) is 22.6. The first-order valence-electron chi connectivity index (χ1n) is 7.14. The fourth-order valence-corrected chi connectivity index (χ4v) is 2.90. The Balaban J connectivity index is 0.00000484. The molecule has 0 fully saturated rings. The lowest BCUT2D eigenvalue weighted by Gasteiger charge is -2.15. The smallest absolute Gasteiger partial charge is 0.191 e. The van der Waals surface area contributed by atoms with Gasteiger partial charge < -0.3 is 15.4 Å². The van der Waals surface area contributed by atoms with Gasteiger partial charge in [-0.25, -0.2) is 8.42 Å². The van der Waals surface area contributed by atoms with Crippen molar-refractivity contribution < 1.29 is 13.2 Å². The van der Waals surface area contributed by atoms with Crippen LogP contribution in [0.1, 0.15) is 18.4 Å². The van der Waals surface area contributed by atoms with Gasteiger partial charge in [0.25, 0.3) is 0 Å². The highest BCUT2D eigenvalue weighted by molar-refractivity contribution is 14.0. The van der Waals surface area contributed by atoms with Gasteiger partial charge in [-0.3, -0.25) is 4.99 Å². The van der Waals surface area contributed by atoms with E-state index in [1.165, 1.54) is 11.8 Å². The second-order valence-corrected chi connectivity index (χ2v) is 8.12. The summed E-state index contributed by atoms with van der Waals surface area (Å²) in [5.74, 6) is 1.18. The number of nitrogens with one attached hydrogen (secondary N) is 2. The van der Waals surface area contributed by atoms with Gasteiger partial charge in [-0.05, 0) is 28.3 Å². The van der Waals surface area contributed by atoms with Gasteiger partial charge in [0.05, 0.1) is 19.0 Å². The molecule has 0 aliphatic carbocycles. The molecule has 6 nitrogen and oxygen atoms in total. The molecule has 0 spiro atoms. The third-order valence-corrected chi connectivity index (χ3v) is 4.66. The van der Waals surface area contributed by atoms with Crippen LogP contribution < -0.4 is 10.6 Å². The van der Waals surface area contributed by atoms with Crippen molar-refractivity contribution in [3.8, 4) is 0 Å². The molecule has 2 N–H and O–H groups in total. The average molecular weight is 475 g/mol. The van der Waals surface area contributed by atoms with Crippen LogP contribution >= 0.6 is 35.3 Å². The van der Waals surface area contributed by atoms with Crippen molar-refractivity contribution in [3.63, 3.8) is 0 Å². The summed E-state index contributed by atoms with van der Waals surface area (Å²) in [6, 6.07) is 2.13. The minimum Gasteiger partial charge on any atom is -0.379 e. The van der Waals surface area contributed by atoms with Crippen molar-refractivity contribution in [1.29, 1.82) is 0 Å². The van der Waals surface area contributed by atoms with Crippen LogP contribution in [-0.4, -0.2) is 59.7 Å². The molecule has 1 aromatic rings. The average Bonchev–Trinajstić information content (AvgIpc) is 2.98. The third kappa shape index (κ3) is 10.9. The van der Waals surface area contributed by atoms with E-state index in [0.29, 0.717) is 25.0 Å². The monoisotopic (exact) mass is 475 g/mol. The predicted octanol–water partition coefficient (Wildman–Crippen LogP) is 1.70. The zero-order chi connectivity index (χ0) is 16.4. The zero-order valence-corrected chi connectivity index (χ0v) is 17.7. The summed E-state index contributed by atoms with van der Waals surface area (Å²) in [6.45, 7) is 4.20. The lowest BCUT2D eigenvalue weighted by molar-refractivity contribution is 0.154. The van der Waals surface area contributed by atoms with Gasteiger partial charge in [-0.1, -0.05) is 6.92 Å². The van der Waals surface area contributed by atoms with Crippen LogP contribution in [-0.2, 0) is 14.6 Å². The molecule has 1 aromatic heterocycles. The molecule has 0 amide bonds. The summed E-state index contributed by atoms with van der Waals surface area (Å²) in [5, 5.41) is 10.6. The molecular weight excluding hydrogens is 449 g/mol. The molecule has 0 aromatic carbocycles. The van der Waals surface area contributed by atoms with E-state index in [1.54, 1.807) is 18.4 Å². The normalized spacial score (nSPS) is 13.3. The van der Waals surface area contributed by atoms with Crippen molar-refractivity contribution in [2.75, 3.05) is 45.4 Å². The minimum atomic E-state index is -2.95. The van der Waals surface area contributed by atoms with E-state index in [0.717, 1.165) is 6.54 Å². The Morgan fingerprint density at radius 2 is 2.13 bits per heavy atom. The van der Waals surface area contributed by atoms with Crippen LogP contribution in [0.2, 0.25) is 0 Å². The van der Waals surface area contributed by atoms with Crippen LogP contribution in [0.5, 0.6) is 0 Å². The maximum absolute atomic E-state index is 10.9. The van der Waals surface area contributed by atoms with E-state index in [1.807, 2.05) is 0 Å². The number of rotatable bonds is 9. The zero-order valence-electron chi connectivity index (χ0n) is 13.7. The Morgan fingerprint density at radius 3 is 2.70 bits per heavy atom. The highest BCUT2D eigenvalue weighted by atomic mass is 127. The standard InChI is InChI=1S/C14H25N3O3S2.HI/c1-12(13-4-8-21-11-13)10-17-14(15-2)16-5-6-20-7-9-22(3,18)19;/h4,8,11-12H,5-7,9-10H2,1-3H3,(H2,15,16,17);1H. The number of thiophene rings is 1. The topological polar surface area (TPSA) is 79.8 Å². The minimum absolute atomic E-state index is 0. The van der Waals surface area contributed by atoms with Crippen LogP contribution in [0.4, 0.5) is 0 Å². The summed E-state index contributed by atoms with van der Waals surface area (Å²) in [7, 11) is -1.24. The molecule has 0 saturated heterocycles. The van der Waals surface area contributed by atoms with Gasteiger partial charge >= 0.3 is 0 Å². The third-order valence-electron chi connectivity index (χ3n) is 3.05. The molecule has 23 heavy (non-hydrogen) atoms. The predicted molar refractivity (Wildman–Crippen MR) is 108 cm³/mol. The molecule has 0 aliphatic rings. The van der Waals surface area contributed by atoms with Crippen molar-refractivity contribution in [2.24, 2.45) is 4.99 Å². The Bertz CT molecular complexity index is 548. The van der Waals surface area contributed by atoms with Crippen molar-refractivity contribution in [1.82, 2.24) is 10.6 Å². The number of sulfone groups is 1. The molecule has 1 atom stereocenters. The van der Waals surface area contributed by atoms with Gasteiger partial charge in [0.2, 0.25) is 0 Å². The van der Waals surface area contributed by atoms with E-state index in [9.17, 15) is 8.42 Å². The first-order valence-corrected chi connectivity index (χ1v) is 10.1. The summed E-state index contributed by atoms with van der Waals surface area (Å²) in [6.07, 6.45) is 1.20. The van der Waals surface area contributed by atoms with Crippen LogP contribution in [0.15, 0.2) is 21.8 Å². The van der Waals surface area contributed by atoms with Crippen LogP contribution in [0.3, 0.4) is 0 Å². The summed E-state index contributed by atoms with van der Waals surface area (Å²) >= 11 is 1.70. The quantitative estimate of drug-likeness (QED) is 0.246. The van der Waals surface area contributed by atoms with Gasteiger partial charge in [-0.15, -0.1) is 24.0 Å². The van der Waals surface area contributed by atoms with Gasteiger partial charge in [0, 0.05) is 26.4 Å². The second-order valence-electron chi connectivity index (χ2n) is 5.08. The fraction of sp³-hybridized carbons (Fsp3) is 0.643. The fourth-order valence-electron chi connectivity index (χ4n) is 1.70. The number of halogens is 1. The van der Waals surface area contributed by atoms with Gasteiger partial charge in [0.15, 0.2) is 5.96 Å². The number of hydrogen-bond donors (Lipinski definition) is 2. The van der Waals surface area contributed by atoms with Crippen molar-refractivity contribution in [2.45, 2.75) is 12.8 Å². The molecule has 134 valence electrons. The Kier molecular flexibility index (Phi) is 11.8. The van der Waals surface area contributed by atoms with Crippen LogP contribution in [0.25, 0.3) is 0 Å². The highest BCUT2D eigenvalue weighted by Crippen LogP contribution is 2.16. The van der Waals surface area contributed by atoms with Crippen molar-refractivity contribution in [3.05, 3.63) is 22.4 Å². The Morgan fingerprint density at radius 1 is 1.39 bits per heavy atom. The molecule has 9 heteroatoms. The summed E-state index contributed by atoms with van der Waals surface area (Å²) in [4.78, 5) is 4.14. The van der Waals surface area contributed by atoms with E-state index >= 15 is 0 Å². The Hall–Kier alpha value is -0.390. The van der Waals surface area contributed by atoms with Gasteiger partial charge in [0.1, 0.15) is 9.84 Å². The maximum Gasteiger partial charge on any atom is 0.191 e. The number of aliphatic imine (C=N–C) groups is 1. The summed E-state index contributed by atoms with van der Waals surface area (Å²) < 4.78 is 27.1. The molecule has 0 bridgehead atoms. The summed E-state index contributed by atoms with van der Waals surface area (Å²) in [5.41, 5.74) is 1.32. The lowest BCUT2D eigenvalue weighted by Crippen LogP contribution is -2.40. The second kappa shape index (κ2) is 12.0. The highest BCUT2D eigenvalue weighted by Gasteiger charge is 2.07. The molecule has 0 radical (unpaired) electrons. The lowest BCUT2D eigenvalue weighted by atomic mass is 10.1. The van der Waals surface area contributed by atoms with E-state index in [2.05, 4.69) is 39.4 Å². The molecule has 1 rings (SSSR count). The van der Waals surface area contributed by atoms with E-state index in [-0.39, 0.29) is 36.3 Å². The number of guanidine groups is 1. The SMILES string of the molecule is CN=C(NCCOCCS(C)(=O)=O)NCC(C)c1ccsc1.I. The largest absolute Gasteiger partial charge is 0.379 e. The van der Waals surface area contributed by atoms with Crippen LogP contribution in [0, 0.1) is 0 Å². The number of ether oxygens (including phenoxy) is 1. The Labute approximate surface area is 160 Å². The molecule has 1 heterocycles. The van der Waals surface area contributed by atoms with Crippen molar-refractivity contribution >= 4 is 51.1 Å². The maximum atomic E-state index is 10.9. The first-order chi connectivity index (χ1) is 10.4. The molecule has 0 aliphatic heterocycles. The van der Waals surface area contributed by atoms with Gasteiger partial charge in [-0.2, -0.15) is 11.3 Å². The van der Waals surface area contributed by atoms with E-state index in [4.69, 9.17) is 4.74 Å². The molecule has 1 unspecified atom stereocenters. The number of nitrogens with zero attached hydrogens (tertiary/aromatic N) is 1. The number of hydrogen-bond acceptors (Lipinski definition) is 5.